The van der Waals surface area contributed by atoms with Crippen molar-refractivity contribution < 1.29 is 9.59 Å². The molecule has 2 aliphatic rings. The van der Waals surface area contributed by atoms with Gasteiger partial charge in [0.1, 0.15) is 0 Å². The summed E-state index contributed by atoms with van der Waals surface area (Å²) in [6.45, 7) is 4.73. The Morgan fingerprint density at radius 1 is 1.45 bits per heavy atom. The molecule has 1 aromatic heterocycles. The Hall–Kier alpha value is -1.63. The Labute approximate surface area is 134 Å². The van der Waals surface area contributed by atoms with E-state index >= 15 is 0 Å². The molecular formula is C15H22N4O2S. The monoisotopic (exact) mass is 322 g/mol. The fraction of sp³-hybridized carbons (Fsp3) is 0.667. The number of aromatic nitrogens is 1. The standard InChI is InChI=1S/C15H22N4O2S/c1-11-16-12(8-22-11)7-19-10-15(6-13(19)20)4-5-18(9-15)14(21)17(2)3/h8H,4-7,9-10H2,1-3H3. The van der Waals surface area contributed by atoms with Gasteiger partial charge in [0.2, 0.25) is 5.91 Å². The highest BCUT2D eigenvalue weighted by atomic mass is 32.1. The van der Waals surface area contributed by atoms with Gasteiger partial charge in [0.25, 0.3) is 0 Å². The summed E-state index contributed by atoms with van der Waals surface area (Å²) in [5.41, 5.74) is 0.903. The Kier molecular flexibility index (Phi) is 3.84. The summed E-state index contributed by atoms with van der Waals surface area (Å²) in [6.07, 6.45) is 1.46. The number of carbonyl (C=O) groups is 2. The maximum Gasteiger partial charge on any atom is 0.319 e. The third-order valence-corrected chi connectivity index (χ3v) is 5.34. The highest BCUT2D eigenvalue weighted by Crippen LogP contribution is 2.40. The lowest BCUT2D eigenvalue weighted by Gasteiger charge is -2.25. The minimum Gasteiger partial charge on any atom is -0.336 e. The molecule has 1 aromatic rings. The summed E-state index contributed by atoms with van der Waals surface area (Å²) in [5.74, 6) is 0.185. The lowest BCUT2D eigenvalue weighted by atomic mass is 9.86. The van der Waals surface area contributed by atoms with Gasteiger partial charge in [-0.15, -0.1) is 11.3 Å². The molecule has 0 saturated carbocycles. The van der Waals surface area contributed by atoms with Crippen molar-refractivity contribution in [3.8, 4) is 0 Å². The molecule has 0 bridgehead atoms. The van der Waals surface area contributed by atoms with E-state index in [-0.39, 0.29) is 17.4 Å². The molecule has 0 N–H and O–H groups in total. The van der Waals surface area contributed by atoms with Crippen LogP contribution in [0.1, 0.15) is 23.5 Å². The van der Waals surface area contributed by atoms with E-state index in [1.165, 1.54) is 0 Å². The maximum absolute atomic E-state index is 12.3. The molecule has 120 valence electrons. The van der Waals surface area contributed by atoms with E-state index in [0.717, 1.165) is 30.2 Å². The van der Waals surface area contributed by atoms with E-state index in [4.69, 9.17) is 0 Å². The van der Waals surface area contributed by atoms with Crippen LogP contribution in [-0.2, 0) is 11.3 Å². The third-order valence-electron chi connectivity index (χ3n) is 4.52. The van der Waals surface area contributed by atoms with Crippen LogP contribution in [0.5, 0.6) is 0 Å². The van der Waals surface area contributed by atoms with Gasteiger partial charge in [-0.3, -0.25) is 4.79 Å². The fourth-order valence-electron chi connectivity index (χ4n) is 3.46. The van der Waals surface area contributed by atoms with E-state index in [1.807, 2.05) is 22.1 Å². The maximum atomic E-state index is 12.3. The highest BCUT2D eigenvalue weighted by molar-refractivity contribution is 7.09. The van der Waals surface area contributed by atoms with E-state index in [9.17, 15) is 9.59 Å². The average molecular weight is 322 g/mol. The molecule has 22 heavy (non-hydrogen) atoms. The Bertz CT molecular complexity index is 600. The van der Waals surface area contributed by atoms with Gasteiger partial charge in [0.05, 0.1) is 17.2 Å². The second-order valence-corrected chi connectivity index (χ2v) is 7.70. The molecule has 2 fully saturated rings. The normalized spacial score (nSPS) is 24.6. The van der Waals surface area contributed by atoms with Crippen LogP contribution >= 0.6 is 11.3 Å². The van der Waals surface area contributed by atoms with Crippen molar-refractivity contribution in [3.05, 3.63) is 16.1 Å². The molecule has 6 nitrogen and oxygen atoms in total. The van der Waals surface area contributed by atoms with Crippen molar-refractivity contribution in [2.24, 2.45) is 5.41 Å². The molecule has 0 aromatic carbocycles. The molecule has 2 saturated heterocycles. The van der Waals surface area contributed by atoms with E-state index < -0.39 is 0 Å². The summed E-state index contributed by atoms with van der Waals surface area (Å²) in [6, 6.07) is 0.0397. The number of amides is 3. The number of carbonyl (C=O) groups excluding carboxylic acids is 2. The minimum atomic E-state index is -0.0617. The number of urea groups is 1. The molecule has 3 heterocycles. The molecule has 0 aliphatic carbocycles. The van der Waals surface area contributed by atoms with Crippen molar-refractivity contribution in [1.29, 1.82) is 0 Å². The Balaban J connectivity index is 1.65. The number of hydrogen-bond donors (Lipinski definition) is 0. The lowest BCUT2D eigenvalue weighted by Crippen LogP contribution is -2.39. The topological polar surface area (TPSA) is 56.8 Å². The van der Waals surface area contributed by atoms with Gasteiger partial charge in [0.15, 0.2) is 0 Å². The number of thiazole rings is 1. The van der Waals surface area contributed by atoms with Crippen LogP contribution < -0.4 is 0 Å². The Morgan fingerprint density at radius 2 is 2.23 bits per heavy atom. The van der Waals surface area contributed by atoms with E-state index in [1.54, 1.807) is 30.3 Å². The predicted octanol–water partition coefficient (Wildman–Crippen LogP) is 1.56. The zero-order valence-corrected chi connectivity index (χ0v) is 14.2. The van der Waals surface area contributed by atoms with Gasteiger partial charge in [-0.1, -0.05) is 0 Å². The number of hydrogen-bond acceptors (Lipinski definition) is 4. The van der Waals surface area contributed by atoms with Crippen LogP contribution in [0.25, 0.3) is 0 Å². The van der Waals surface area contributed by atoms with Crippen molar-refractivity contribution in [2.75, 3.05) is 33.7 Å². The largest absolute Gasteiger partial charge is 0.336 e. The third kappa shape index (κ3) is 2.82. The first-order chi connectivity index (χ1) is 10.4. The SMILES string of the molecule is Cc1nc(CN2CC3(CCN(C(=O)N(C)C)C3)CC2=O)cs1. The molecule has 1 atom stereocenters. The smallest absolute Gasteiger partial charge is 0.319 e. The van der Waals surface area contributed by atoms with E-state index in [2.05, 4.69) is 4.98 Å². The van der Waals surface area contributed by atoms with Crippen LogP contribution in [0, 0.1) is 12.3 Å². The minimum absolute atomic E-state index is 0.0397. The molecule has 0 radical (unpaired) electrons. The second kappa shape index (κ2) is 5.53. The van der Waals surface area contributed by atoms with Gasteiger partial charge in [-0.2, -0.15) is 0 Å². The molecule has 1 spiro atoms. The number of aryl methyl sites for hydroxylation is 1. The van der Waals surface area contributed by atoms with Crippen LogP contribution in [0.4, 0.5) is 4.79 Å². The summed E-state index contributed by atoms with van der Waals surface area (Å²) in [4.78, 5) is 34.2. The molecule has 7 heteroatoms. The van der Waals surface area contributed by atoms with Gasteiger partial charge >= 0.3 is 6.03 Å². The molecule has 1 unspecified atom stereocenters. The van der Waals surface area contributed by atoms with Crippen LogP contribution in [0.2, 0.25) is 0 Å². The molecule has 2 aliphatic heterocycles. The average Bonchev–Trinajstić information content (AvgIpc) is 3.12. The summed E-state index contributed by atoms with van der Waals surface area (Å²) in [5, 5.41) is 3.05. The number of rotatable bonds is 2. The van der Waals surface area contributed by atoms with Crippen molar-refractivity contribution in [1.82, 2.24) is 19.7 Å². The van der Waals surface area contributed by atoms with Gasteiger partial charge in [-0.25, -0.2) is 9.78 Å². The zero-order valence-electron chi connectivity index (χ0n) is 13.3. The van der Waals surface area contributed by atoms with Crippen molar-refractivity contribution in [2.45, 2.75) is 26.3 Å². The molecule has 3 rings (SSSR count). The van der Waals surface area contributed by atoms with E-state index in [0.29, 0.717) is 19.5 Å². The molecule has 3 amide bonds. The highest BCUT2D eigenvalue weighted by Gasteiger charge is 2.48. The van der Waals surface area contributed by atoms with Gasteiger partial charge in [0, 0.05) is 50.9 Å². The first-order valence-corrected chi connectivity index (χ1v) is 8.42. The summed E-state index contributed by atoms with van der Waals surface area (Å²) < 4.78 is 0. The number of likely N-dealkylation sites (tertiary alicyclic amines) is 2. The summed E-state index contributed by atoms with van der Waals surface area (Å²) >= 11 is 1.61. The molecular weight excluding hydrogens is 300 g/mol. The van der Waals surface area contributed by atoms with Crippen LogP contribution in [-0.4, -0.2) is 65.4 Å². The lowest BCUT2D eigenvalue weighted by molar-refractivity contribution is -0.128. The Morgan fingerprint density at radius 3 is 2.86 bits per heavy atom. The van der Waals surface area contributed by atoms with Crippen LogP contribution in [0.15, 0.2) is 5.38 Å². The van der Waals surface area contributed by atoms with Crippen LogP contribution in [0.3, 0.4) is 0 Å². The summed E-state index contributed by atoms with van der Waals surface area (Å²) in [7, 11) is 3.54. The zero-order chi connectivity index (χ0) is 15.9. The quantitative estimate of drug-likeness (QED) is 0.830. The second-order valence-electron chi connectivity index (χ2n) is 6.63. The first-order valence-electron chi connectivity index (χ1n) is 7.54. The van der Waals surface area contributed by atoms with Crippen molar-refractivity contribution in [3.63, 3.8) is 0 Å². The van der Waals surface area contributed by atoms with Crippen molar-refractivity contribution >= 4 is 23.3 Å². The number of nitrogens with zero attached hydrogens (tertiary/aromatic N) is 4. The fourth-order valence-corrected chi connectivity index (χ4v) is 4.06. The first kappa shape index (κ1) is 15.3. The van der Waals surface area contributed by atoms with Gasteiger partial charge in [-0.05, 0) is 13.3 Å². The van der Waals surface area contributed by atoms with Gasteiger partial charge < -0.3 is 14.7 Å². The predicted molar refractivity (Wildman–Crippen MR) is 84.6 cm³/mol.